The number of carbonyl (C=O) groups is 3. The Morgan fingerprint density at radius 3 is 2.33 bits per heavy atom. The molecule has 1 aliphatic heterocycles. The van der Waals surface area contributed by atoms with Crippen molar-refractivity contribution in [3.05, 3.63) is 0 Å². The standard InChI is InChI=1S/C28H41FO10/c1-12(30)38-14-4-6-15-13(9-14)3-5-16-17(15)10-21(29)28(2)18(16)7-8-19(28)20(31)11-37-27-24(34)22(32)23(33)25(39-27)26(35)36/h13-19,21-25,27,32-34H,3-11H2,1-2H3,(H,35,36)/t13-,14-,15+,16-,17-,18+,19-,21+,22+,23+,24-,25+,27?,28+/m1/s1. The number of ether oxygens (including phenoxy) is 3. The van der Waals surface area contributed by atoms with E-state index < -0.39 is 60.8 Å². The van der Waals surface area contributed by atoms with Gasteiger partial charge >= 0.3 is 11.9 Å². The lowest BCUT2D eigenvalue weighted by atomic mass is 9.49. The van der Waals surface area contributed by atoms with Gasteiger partial charge in [0.15, 0.2) is 18.2 Å². The molecule has 4 aliphatic carbocycles. The number of esters is 1. The third-order valence-corrected chi connectivity index (χ3v) is 10.9. The van der Waals surface area contributed by atoms with E-state index in [0.29, 0.717) is 30.6 Å². The van der Waals surface area contributed by atoms with Crippen LogP contribution < -0.4 is 0 Å². The molecule has 14 atom stereocenters. The van der Waals surface area contributed by atoms with Gasteiger partial charge < -0.3 is 34.6 Å². The maximum atomic E-state index is 16.1. The number of aliphatic carboxylic acids is 1. The summed E-state index contributed by atoms with van der Waals surface area (Å²) < 4.78 is 32.2. The van der Waals surface area contributed by atoms with Crippen molar-refractivity contribution in [3.8, 4) is 0 Å². The quantitative estimate of drug-likeness (QED) is 0.354. The number of alkyl halides is 1. The van der Waals surface area contributed by atoms with Crippen LogP contribution in [0.2, 0.25) is 0 Å². The van der Waals surface area contributed by atoms with Gasteiger partial charge in [-0.1, -0.05) is 6.92 Å². The number of rotatable bonds is 6. The van der Waals surface area contributed by atoms with Gasteiger partial charge in [-0.15, -0.1) is 0 Å². The average molecular weight is 557 g/mol. The number of hydrogen-bond acceptors (Lipinski definition) is 9. The number of ketones is 1. The van der Waals surface area contributed by atoms with Crippen LogP contribution in [0, 0.1) is 40.9 Å². The molecule has 4 N–H and O–H groups in total. The fraction of sp³-hybridized carbons (Fsp3) is 0.893. The van der Waals surface area contributed by atoms with Crippen molar-refractivity contribution in [2.45, 2.75) is 108 Å². The number of carboxylic acid groups (broad SMARTS) is 1. The maximum absolute atomic E-state index is 16.1. The molecular weight excluding hydrogens is 515 g/mol. The van der Waals surface area contributed by atoms with Crippen LogP contribution >= 0.6 is 0 Å². The number of fused-ring (bicyclic) bond motifs is 5. The second-order valence-electron chi connectivity index (χ2n) is 12.7. The Balaban J connectivity index is 1.23. The molecule has 0 amide bonds. The molecule has 10 nitrogen and oxygen atoms in total. The third kappa shape index (κ3) is 5.03. The Morgan fingerprint density at radius 1 is 0.923 bits per heavy atom. The number of aliphatic hydroxyl groups is 3. The lowest BCUT2D eigenvalue weighted by Crippen LogP contribution is -2.60. The van der Waals surface area contributed by atoms with E-state index in [1.165, 1.54) is 6.92 Å². The molecular formula is C28H41FO10. The molecule has 5 rings (SSSR count). The lowest BCUT2D eigenvalue weighted by molar-refractivity contribution is -0.292. The predicted octanol–water partition coefficient (Wildman–Crippen LogP) is 1.61. The summed E-state index contributed by atoms with van der Waals surface area (Å²) in [5.41, 5.74) is -0.839. The van der Waals surface area contributed by atoms with E-state index >= 15 is 4.39 Å². The van der Waals surface area contributed by atoms with Crippen molar-refractivity contribution in [2.24, 2.45) is 40.9 Å². The van der Waals surface area contributed by atoms with Crippen molar-refractivity contribution in [1.82, 2.24) is 0 Å². The number of hydrogen-bond donors (Lipinski definition) is 4. The molecule has 0 aromatic carbocycles. The van der Waals surface area contributed by atoms with Crippen LogP contribution in [0.4, 0.5) is 4.39 Å². The third-order valence-electron chi connectivity index (χ3n) is 10.9. The lowest BCUT2D eigenvalue weighted by Gasteiger charge is -2.57. The highest BCUT2D eigenvalue weighted by Gasteiger charge is 2.63. The first-order chi connectivity index (χ1) is 18.4. The van der Waals surface area contributed by atoms with Crippen LogP contribution in [-0.2, 0) is 28.6 Å². The highest BCUT2D eigenvalue weighted by atomic mass is 19.1. The number of halogens is 1. The van der Waals surface area contributed by atoms with E-state index in [0.717, 1.165) is 38.5 Å². The van der Waals surface area contributed by atoms with Gasteiger partial charge in [-0.25, -0.2) is 9.18 Å². The highest BCUT2D eigenvalue weighted by Crippen LogP contribution is 2.65. The smallest absolute Gasteiger partial charge is 0.335 e. The van der Waals surface area contributed by atoms with Crippen LogP contribution in [0.15, 0.2) is 0 Å². The summed E-state index contributed by atoms with van der Waals surface area (Å²) in [4.78, 5) is 36.2. The van der Waals surface area contributed by atoms with Crippen LogP contribution in [0.3, 0.4) is 0 Å². The first-order valence-electron chi connectivity index (χ1n) is 14.3. The number of carbonyl (C=O) groups excluding carboxylic acids is 2. The Hall–Kier alpha value is -1.66. The fourth-order valence-electron chi connectivity index (χ4n) is 9.08. The average Bonchev–Trinajstić information content (AvgIpc) is 3.25. The number of carboxylic acids is 1. The molecule has 0 aromatic rings. The molecule has 5 aliphatic rings. The first kappa shape index (κ1) is 28.9. The summed E-state index contributed by atoms with van der Waals surface area (Å²) in [6, 6.07) is 0. The minimum Gasteiger partial charge on any atom is -0.479 e. The molecule has 1 unspecified atom stereocenters. The maximum Gasteiger partial charge on any atom is 0.335 e. The Kier molecular flexibility index (Phi) is 8.11. The molecule has 220 valence electrons. The summed E-state index contributed by atoms with van der Waals surface area (Å²) in [6.45, 7) is 2.80. The van der Waals surface area contributed by atoms with Crippen LogP contribution in [0.5, 0.6) is 0 Å². The summed E-state index contributed by atoms with van der Waals surface area (Å²) in [7, 11) is 0. The second-order valence-corrected chi connectivity index (χ2v) is 12.7. The number of aliphatic hydroxyl groups excluding tert-OH is 3. The van der Waals surface area contributed by atoms with E-state index in [9.17, 15) is 34.8 Å². The SMILES string of the molecule is CC(=O)O[C@@H]1CC[C@H]2[C@H](CC[C@@H]3[C@@H]2C[C@H](F)[C@]2(C)[C@@H](C(=O)COC4O[C@H](C(=O)O)[C@@H](O)[C@H](O)[C@H]4O)CC[C@@H]32)C1. The first-order valence-corrected chi connectivity index (χ1v) is 14.3. The van der Waals surface area contributed by atoms with Crippen molar-refractivity contribution in [3.63, 3.8) is 0 Å². The predicted molar refractivity (Wildman–Crippen MR) is 132 cm³/mol. The summed E-state index contributed by atoms with van der Waals surface area (Å²) in [5.74, 6) is -1.21. The van der Waals surface area contributed by atoms with Crippen LogP contribution in [0.25, 0.3) is 0 Å². The van der Waals surface area contributed by atoms with Gasteiger partial charge in [0.1, 0.15) is 37.2 Å². The van der Waals surface area contributed by atoms with E-state index in [1.807, 2.05) is 6.92 Å². The van der Waals surface area contributed by atoms with Gasteiger partial charge in [0, 0.05) is 18.3 Å². The van der Waals surface area contributed by atoms with Gasteiger partial charge in [0.25, 0.3) is 0 Å². The van der Waals surface area contributed by atoms with Gasteiger partial charge in [-0.2, -0.15) is 0 Å². The molecule has 0 bridgehead atoms. The molecule has 4 saturated carbocycles. The van der Waals surface area contributed by atoms with Gasteiger partial charge in [0.05, 0.1) is 0 Å². The highest BCUT2D eigenvalue weighted by molar-refractivity contribution is 5.83. The summed E-state index contributed by atoms with van der Waals surface area (Å²) in [6.07, 6.45) is -3.80. The summed E-state index contributed by atoms with van der Waals surface area (Å²) >= 11 is 0. The molecule has 0 radical (unpaired) electrons. The Morgan fingerprint density at radius 2 is 1.64 bits per heavy atom. The fourth-order valence-corrected chi connectivity index (χ4v) is 9.08. The van der Waals surface area contributed by atoms with Crippen LogP contribution in [0.1, 0.15) is 65.2 Å². The van der Waals surface area contributed by atoms with Crippen molar-refractivity contribution in [1.29, 1.82) is 0 Å². The molecule has 1 heterocycles. The van der Waals surface area contributed by atoms with E-state index in [4.69, 9.17) is 14.2 Å². The normalized spacial score (nSPS) is 49.3. The minimum atomic E-state index is -1.85. The Bertz CT molecular complexity index is 961. The Labute approximate surface area is 227 Å². The van der Waals surface area contributed by atoms with Gasteiger partial charge in [-0.05, 0) is 81.0 Å². The largest absolute Gasteiger partial charge is 0.479 e. The van der Waals surface area contributed by atoms with E-state index in [1.54, 1.807) is 0 Å². The van der Waals surface area contributed by atoms with E-state index in [2.05, 4.69) is 0 Å². The zero-order valence-corrected chi connectivity index (χ0v) is 22.5. The van der Waals surface area contributed by atoms with Crippen molar-refractivity contribution < 1.29 is 53.4 Å². The van der Waals surface area contributed by atoms with Crippen molar-refractivity contribution in [2.75, 3.05) is 6.61 Å². The topological polar surface area (TPSA) is 160 Å². The molecule has 11 heteroatoms. The number of Topliss-reactive ketones (excluding diaryl/α,β-unsaturated/α-hetero) is 1. The summed E-state index contributed by atoms with van der Waals surface area (Å²) in [5, 5.41) is 39.3. The molecule has 39 heavy (non-hydrogen) atoms. The van der Waals surface area contributed by atoms with Crippen molar-refractivity contribution >= 4 is 17.7 Å². The second kappa shape index (κ2) is 11.0. The molecule has 0 aromatic heterocycles. The molecule has 0 spiro atoms. The monoisotopic (exact) mass is 556 g/mol. The van der Waals surface area contributed by atoms with Crippen LogP contribution in [-0.4, -0.2) is 87.7 Å². The molecule has 5 fully saturated rings. The van der Waals surface area contributed by atoms with Gasteiger partial charge in [-0.3, -0.25) is 9.59 Å². The minimum absolute atomic E-state index is 0.0503. The zero-order chi connectivity index (χ0) is 28.2. The van der Waals surface area contributed by atoms with E-state index in [-0.39, 0.29) is 29.7 Å². The molecule has 1 saturated heterocycles. The zero-order valence-electron chi connectivity index (χ0n) is 22.5. The van der Waals surface area contributed by atoms with Gasteiger partial charge in [0.2, 0.25) is 0 Å².